The Bertz CT molecular complexity index is 2170. The lowest BCUT2D eigenvalue weighted by Crippen LogP contribution is -2.59. The van der Waals surface area contributed by atoms with E-state index in [2.05, 4.69) is 35.4 Å². The number of aromatic amines is 2. The summed E-state index contributed by atoms with van der Waals surface area (Å²) in [5.74, 6) is -6.85. The number of nitrogens with two attached hydrogens (primary N) is 2. The van der Waals surface area contributed by atoms with E-state index in [4.69, 9.17) is 23.1 Å². The third kappa shape index (κ3) is 10.1. The normalized spacial score (nSPS) is 13.4. The maximum atomic E-state index is 14.3. The maximum Gasteiger partial charge on any atom is 0.320 e. The Kier molecular flexibility index (Phi) is 13.3. The van der Waals surface area contributed by atoms with Gasteiger partial charge in [-0.1, -0.05) is 60.1 Å². The zero-order valence-electron chi connectivity index (χ0n) is 30.1. The summed E-state index contributed by atoms with van der Waals surface area (Å²) in [5, 5.41) is 10.2. The number of esters is 2. The average molecular weight is 772 g/mol. The molecule has 288 valence electrons. The Morgan fingerprint density at radius 3 is 1.65 bits per heavy atom. The fourth-order valence-corrected chi connectivity index (χ4v) is 6.43. The summed E-state index contributed by atoms with van der Waals surface area (Å²) >= 11 is 6.09. The van der Waals surface area contributed by atoms with Gasteiger partial charge in [-0.05, 0) is 47.4 Å². The van der Waals surface area contributed by atoms with Crippen LogP contribution in [0.2, 0.25) is 5.02 Å². The number of hydrogen-bond donors (Lipinski definition) is 7. The second-order valence-electron chi connectivity index (χ2n) is 13.0. The molecule has 0 aliphatic heterocycles. The second kappa shape index (κ2) is 18.2. The van der Waals surface area contributed by atoms with Gasteiger partial charge in [0, 0.05) is 58.5 Å². The van der Waals surface area contributed by atoms with Crippen LogP contribution in [0, 0.1) is 5.92 Å². The van der Waals surface area contributed by atoms with Gasteiger partial charge in [0.15, 0.2) is 5.92 Å². The predicted octanol–water partition coefficient (Wildman–Crippen LogP) is 1.95. The van der Waals surface area contributed by atoms with E-state index >= 15 is 0 Å². The monoisotopic (exact) mass is 771 g/mol. The Hall–Kier alpha value is -6.19. The molecule has 55 heavy (non-hydrogen) atoms. The van der Waals surface area contributed by atoms with Crippen molar-refractivity contribution < 1.29 is 38.2 Å². The molecule has 9 N–H and O–H groups in total. The van der Waals surface area contributed by atoms with Crippen LogP contribution in [0.4, 0.5) is 0 Å². The first kappa shape index (κ1) is 40.0. The zero-order chi connectivity index (χ0) is 39.6. The maximum absolute atomic E-state index is 14.3. The van der Waals surface area contributed by atoms with E-state index in [9.17, 15) is 28.8 Å². The van der Waals surface area contributed by atoms with Crippen LogP contribution in [-0.4, -0.2) is 83.9 Å². The molecular formula is C39H42ClN7O8. The summed E-state index contributed by atoms with van der Waals surface area (Å²) in [4.78, 5) is 85.5. The van der Waals surface area contributed by atoms with E-state index < -0.39 is 72.1 Å². The van der Waals surface area contributed by atoms with Gasteiger partial charge in [0.2, 0.25) is 23.6 Å². The fourth-order valence-electron chi connectivity index (χ4n) is 6.30. The minimum atomic E-state index is -1.58. The van der Waals surface area contributed by atoms with Crippen molar-refractivity contribution in [2.75, 3.05) is 14.2 Å². The number of carbonyl (C=O) groups is 6. The standard InChI is InChI=1S/C39H42ClN7O8/c1-54-38(52)27(39(53)55-2)18-31(34(42)48)45-36(50)32(15-21-11-13-24(40)14-12-21)47-37(51)33(17-23-20-44-30-10-6-4-8-26(23)30)46-35(49)28(41)16-22-19-43-29-9-5-3-7-25(22)29/h3-14,19-20,27-28,31-33,43-44H,15-18,41H2,1-2H3,(H2,42,48)(H,45,50)(H,46,49)(H,47,51)/t28-,31+,32+,33+/m1/s1. The molecular weight excluding hydrogens is 730 g/mol. The van der Waals surface area contributed by atoms with Gasteiger partial charge in [0.25, 0.3) is 0 Å². The summed E-state index contributed by atoms with van der Waals surface area (Å²) in [7, 11) is 2.10. The van der Waals surface area contributed by atoms with Crippen molar-refractivity contribution in [3.05, 3.63) is 107 Å². The van der Waals surface area contributed by atoms with Crippen LogP contribution in [-0.2, 0) is 57.5 Å². The van der Waals surface area contributed by atoms with Gasteiger partial charge in [0.05, 0.1) is 20.3 Å². The molecule has 0 aliphatic carbocycles. The van der Waals surface area contributed by atoms with E-state index in [0.717, 1.165) is 41.6 Å². The van der Waals surface area contributed by atoms with Gasteiger partial charge in [-0.3, -0.25) is 28.8 Å². The number of para-hydroxylation sites is 2. The summed E-state index contributed by atoms with van der Waals surface area (Å²) in [6, 6.07) is 16.4. The predicted molar refractivity (Wildman–Crippen MR) is 204 cm³/mol. The average Bonchev–Trinajstić information content (AvgIpc) is 3.79. The lowest BCUT2D eigenvalue weighted by atomic mass is 9.98. The topological polar surface area (TPSA) is 241 Å². The largest absolute Gasteiger partial charge is 0.468 e. The van der Waals surface area contributed by atoms with Gasteiger partial charge < -0.3 is 46.9 Å². The number of hydrogen-bond acceptors (Lipinski definition) is 9. The molecule has 0 bridgehead atoms. The molecule has 5 rings (SSSR count). The fraction of sp³-hybridized carbons (Fsp3) is 0.282. The number of methoxy groups -OCH3 is 2. The molecule has 4 amide bonds. The molecule has 0 aliphatic rings. The number of ether oxygens (including phenoxy) is 2. The molecule has 5 aromatic rings. The Morgan fingerprint density at radius 1 is 0.655 bits per heavy atom. The summed E-state index contributed by atoms with van der Waals surface area (Å²) in [6.45, 7) is 0. The van der Waals surface area contributed by atoms with Crippen LogP contribution in [0.25, 0.3) is 21.8 Å². The number of amides is 4. The van der Waals surface area contributed by atoms with Crippen molar-refractivity contribution in [3.8, 4) is 0 Å². The van der Waals surface area contributed by atoms with Gasteiger partial charge in [-0.2, -0.15) is 0 Å². The molecule has 0 unspecified atom stereocenters. The molecule has 0 saturated heterocycles. The van der Waals surface area contributed by atoms with E-state index in [0.29, 0.717) is 16.1 Å². The quantitative estimate of drug-likeness (QED) is 0.0539. The molecule has 0 fully saturated rings. The highest BCUT2D eigenvalue weighted by Crippen LogP contribution is 2.21. The summed E-state index contributed by atoms with van der Waals surface area (Å²) < 4.78 is 9.36. The number of carbonyl (C=O) groups excluding carboxylic acids is 6. The van der Waals surface area contributed by atoms with E-state index in [-0.39, 0.29) is 19.3 Å². The molecule has 0 saturated carbocycles. The van der Waals surface area contributed by atoms with Crippen LogP contribution < -0.4 is 27.4 Å². The highest BCUT2D eigenvalue weighted by molar-refractivity contribution is 6.30. The van der Waals surface area contributed by atoms with Crippen LogP contribution in [0.1, 0.15) is 23.1 Å². The lowest BCUT2D eigenvalue weighted by Gasteiger charge is -2.26. The van der Waals surface area contributed by atoms with E-state index in [1.807, 2.05) is 48.5 Å². The van der Waals surface area contributed by atoms with Crippen molar-refractivity contribution in [2.45, 2.75) is 49.9 Å². The molecule has 15 nitrogen and oxygen atoms in total. The minimum Gasteiger partial charge on any atom is -0.468 e. The smallest absolute Gasteiger partial charge is 0.320 e. The number of benzene rings is 3. The Balaban J connectivity index is 1.41. The molecule has 3 aromatic carbocycles. The molecule has 16 heteroatoms. The number of fused-ring (bicyclic) bond motifs is 2. The third-order valence-electron chi connectivity index (χ3n) is 9.27. The number of H-pyrrole nitrogens is 2. The Morgan fingerprint density at radius 2 is 1.13 bits per heavy atom. The number of aromatic nitrogens is 2. The molecule has 2 heterocycles. The van der Waals surface area contributed by atoms with Gasteiger partial charge in [0.1, 0.15) is 18.1 Å². The first-order valence-electron chi connectivity index (χ1n) is 17.3. The summed E-state index contributed by atoms with van der Waals surface area (Å²) in [5.41, 5.74) is 15.8. The Labute approximate surface area is 320 Å². The second-order valence-corrected chi connectivity index (χ2v) is 13.4. The highest BCUT2D eigenvalue weighted by atomic mass is 35.5. The first-order chi connectivity index (χ1) is 26.4. The summed E-state index contributed by atoms with van der Waals surface area (Å²) in [6.07, 6.45) is 3.04. The van der Waals surface area contributed by atoms with Gasteiger partial charge in [-0.15, -0.1) is 0 Å². The zero-order valence-corrected chi connectivity index (χ0v) is 30.9. The van der Waals surface area contributed by atoms with E-state index in [1.54, 1.807) is 36.7 Å². The van der Waals surface area contributed by atoms with Crippen LogP contribution in [0.3, 0.4) is 0 Å². The molecule has 0 radical (unpaired) electrons. The first-order valence-corrected chi connectivity index (χ1v) is 17.7. The number of halogens is 1. The van der Waals surface area contributed by atoms with Gasteiger partial charge in [-0.25, -0.2) is 0 Å². The minimum absolute atomic E-state index is 0.0144. The van der Waals surface area contributed by atoms with Gasteiger partial charge >= 0.3 is 11.9 Å². The molecule has 2 aromatic heterocycles. The van der Waals surface area contributed by atoms with Crippen molar-refractivity contribution in [3.63, 3.8) is 0 Å². The van der Waals surface area contributed by atoms with Crippen LogP contribution in [0.5, 0.6) is 0 Å². The van der Waals surface area contributed by atoms with Crippen LogP contribution >= 0.6 is 11.6 Å². The highest BCUT2D eigenvalue weighted by Gasteiger charge is 2.36. The lowest BCUT2D eigenvalue weighted by molar-refractivity contribution is -0.159. The number of primary amides is 1. The molecule has 4 atom stereocenters. The molecule has 0 spiro atoms. The van der Waals surface area contributed by atoms with Crippen molar-refractivity contribution in [2.24, 2.45) is 17.4 Å². The SMILES string of the molecule is COC(=O)C(C[C@H](NC(=O)[C@H](Cc1ccc(Cl)cc1)NC(=O)[C@H](Cc1c[nH]c2ccccc12)NC(=O)[C@H](N)Cc1c[nH]c2ccccc12)C(N)=O)C(=O)OC. The van der Waals surface area contributed by atoms with Crippen LogP contribution in [0.15, 0.2) is 85.2 Å². The van der Waals surface area contributed by atoms with Crippen molar-refractivity contribution >= 4 is 69.0 Å². The third-order valence-corrected chi connectivity index (χ3v) is 9.52. The van der Waals surface area contributed by atoms with Crippen molar-refractivity contribution in [1.29, 1.82) is 0 Å². The van der Waals surface area contributed by atoms with E-state index in [1.165, 1.54) is 0 Å². The number of rotatable bonds is 17. The van der Waals surface area contributed by atoms with Crippen molar-refractivity contribution in [1.82, 2.24) is 25.9 Å². The number of nitrogens with one attached hydrogen (secondary N) is 5.